The summed E-state index contributed by atoms with van der Waals surface area (Å²) in [5.41, 5.74) is -0.315. The van der Waals surface area contributed by atoms with Gasteiger partial charge in [-0.1, -0.05) is 250 Å². The maximum absolute atomic E-state index is 11.6. The zero-order valence-corrected chi connectivity index (χ0v) is 31.2. The van der Waals surface area contributed by atoms with Crippen LogP contribution in [-0.4, -0.2) is 5.54 Å². The van der Waals surface area contributed by atoms with Crippen molar-refractivity contribution >= 4 is 0 Å². The first-order valence-electron chi connectivity index (χ1n) is 21.0. The summed E-state index contributed by atoms with van der Waals surface area (Å²) in [5.74, 6) is 0. The summed E-state index contributed by atoms with van der Waals surface area (Å²) < 4.78 is 0. The average Bonchev–Trinajstić information content (AvgIpc) is 3.03. The van der Waals surface area contributed by atoms with E-state index in [2.05, 4.69) is 25.9 Å². The van der Waals surface area contributed by atoms with Crippen molar-refractivity contribution in [2.45, 2.75) is 270 Å². The van der Waals surface area contributed by atoms with E-state index in [1.165, 1.54) is 231 Å². The van der Waals surface area contributed by atoms with Crippen LogP contribution >= 0.6 is 0 Å². The first-order chi connectivity index (χ1) is 21.7. The van der Waals surface area contributed by atoms with Crippen LogP contribution in [-0.2, 0) is 0 Å². The number of rotatable bonds is 39. The van der Waals surface area contributed by atoms with Crippen LogP contribution in [0.4, 0.5) is 0 Å². The number of hydrogen-bond acceptors (Lipinski definition) is 2. The number of unbranched alkanes of at least 4 members (excludes halogenated alkanes) is 34. The molecule has 0 atom stereocenters. The lowest BCUT2D eigenvalue weighted by Gasteiger charge is -2.21. The van der Waals surface area contributed by atoms with Gasteiger partial charge in [-0.05, 0) is 19.8 Å². The Kier molecular flexibility index (Phi) is 36.7. The highest BCUT2D eigenvalue weighted by atomic mass is 16.3. The standard InChI is InChI=1S/C42H85NO/c1-4-6-8-10-12-14-16-18-20-22-24-26-28-30-32-34-36-38-40-42(3,43-44)41-39-37-35-33-31-29-27-25-23-21-19-17-15-13-11-9-7-5-2/h4-41H2,1-3H3. The quantitative estimate of drug-likeness (QED) is 0.0497. The van der Waals surface area contributed by atoms with Crippen molar-refractivity contribution in [2.24, 2.45) is 5.18 Å². The molecule has 0 amide bonds. The van der Waals surface area contributed by atoms with E-state index in [-0.39, 0.29) is 5.54 Å². The summed E-state index contributed by atoms with van der Waals surface area (Å²) >= 11 is 0. The first-order valence-corrected chi connectivity index (χ1v) is 21.0. The molecule has 0 aromatic heterocycles. The van der Waals surface area contributed by atoms with Gasteiger partial charge < -0.3 is 0 Å². The molecule has 0 aliphatic heterocycles. The van der Waals surface area contributed by atoms with E-state index >= 15 is 0 Å². The molecule has 0 bridgehead atoms. The van der Waals surface area contributed by atoms with E-state index in [1.54, 1.807) is 0 Å². The number of hydrogen-bond donors (Lipinski definition) is 0. The molecular formula is C42H85NO. The normalized spacial score (nSPS) is 11.9. The van der Waals surface area contributed by atoms with E-state index in [0.717, 1.165) is 12.8 Å². The van der Waals surface area contributed by atoms with Crippen molar-refractivity contribution in [3.05, 3.63) is 4.91 Å². The predicted molar refractivity (Wildman–Crippen MR) is 201 cm³/mol. The van der Waals surface area contributed by atoms with Gasteiger partial charge in [0.05, 0.1) is 5.54 Å². The molecule has 0 spiro atoms. The second kappa shape index (κ2) is 37.1. The molecule has 0 aliphatic carbocycles. The van der Waals surface area contributed by atoms with Gasteiger partial charge in [0.1, 0.15) is 0 Å². The smallest absolute Gasteiger partial charge is 0.0998 e. The third-order valence-electron chi connectivity index (χ3n) is 10.4. The molecule has 0 aromatic carbocycles. The molecule has 264 valence electrons. The fourth-order valence-electron chi connectivity index (χ4n) is 7.03. The largest absolute Gasteiger partial charge is 0.150 e. The molecule has 0 aliphatic rings. The molecule has 2 heteroatoms. The van der Waals surface area contributed by atoms with Gasteiger partial charge in [0.25, 0.3) is 0 Å². The number of nitroso groups, excluding NO2 is 1. The van der Waals surface area contributed by atoms with Crippen molar-refractivity contribution in [2.75, 3.05) is 0 Å². The summed E-state index contributed by atoms with van der Waals surface area (Å²) in [6.45, 7) is 6.71. The van der Waals surface area contributed by atoms with E-state index in [0.29, 0.717) is 0 Å². The van der Waals surface area contributed by atoms with Crippen LogP contribution in [0.25, 0.3) is 0 Å². The SMILES string of the molecule is CCCCCCCCCCCCCCCCCCCCC(C)(CCCCCCCCCCCCCCCCCCCC)N=O. The van der Waals surface area contributed by atoms with E-state index in [9.17, 15) is 4.91 Å². The molecule has 0 fully saturated rings. The summed E-state index contributed by atoms with van der Waals surface area (Å²) in [4.78, 5) is 11.6. The minimum absolute atomic E-state index is 0.315. The van der Waals surface area contributed by atoms with Crippen LogP contribution in [0.15, 0.2) is 5.18 Å². The monoisotopic (exact) mass is 620 g/mol. The molecule has 0 heterocycles. The van der Waals surface area contributed by atoms with E-state index in [1.807, 2.05) is 0 Å². The van der Waals surface area contributed by atoms with Gasteiger partial charge >= 0.3 is 0 Å². The van der Waals surface area contributed by atoms with Crippen molar-refractivity contribution in [1.82, 2.24) is 0 Å². The zero-order chi connectivity index (χ0) is 32.1. The minimum atomic E-state index is -0.315. The Bertz CT molecular complexity index is 492. The summed E-state index contributed by atoms with van der Waals surface area (Å²) in [6, 6.07) is 0. The highest BCUT2D eigenvalue weighted by Crippen LogP contribution is 2.27. The van der Waals surface area contributed by atoms with Crippen LogP contribution in [0, 0.1) is 4.91 Å². The highest BCUT2D eigenvalue weighted by molar-refractivity contribution is 4.82. The van der Waals surface area contributed by atoms with Crippen molar-refractivity contribution in [3.8, 4) is 0 Å². The third-order valence-corrected chi connectivity index (χ3v) is 10.4. The Morgan fingerprint density at radius 2 is 0.455 bits per heavy atom. The molecule has 0 N–H and O–H groups in total. The Morgan fingerprint density at radius 1 is 0.295 bits per heavy atom. The van der Waals surface area contributed by atoms with Gasteiger partial charge in [-0.25, -0.2) is 0 Å². The Hall–Kier alpha value is -0.400. The average molecular weight is 620 g/mol. The highest BCUT2D eigenvalue weighted by Gasteiger charge is 2.24. The summed E-state index contributed by atoms with van der Waals surface area (Å²) in [6.07, 6.45) is 52.7. The maximum atomic E-state index is 11.6. The number of nitrogens with zero attached hydrogens (tertiary/aromatic N) is 1. The first kappa shape index (κ1) is 43.6. The second-order valence-electron chi connectivity index (χ2n) is 15.1. The molecule has 0 saturated heterocycles. The zero-order valence-electron chi connectivity index (χ0n) is 31.2. The van der Waals surface area contributed by atoms with Gasteiger partial charge in [0.2, 0.25) is 0 Å². The van der Waals surface area contributed by atoms with Crippen molar-refractivity contribution in [1.29, 1.82) is 0 Å². The third kappa shape index (κ3) is 34.5. The summed E-state index contributed by atoms with van der Waals surface area (Å²) in [7, 11) is 0. The van der Waals surface area contributed by atoms with Crippen molar-refractivity contribution < 1.29 is 0 Å². The minimum Gasteiger partial charge on any atom is -0.150 e. The fraction of sp³-hybridized carbons (Fsp3) is 1.00. The van der Waals surface area contributed by atoms with Gasteiger partial charge in [-0.2, -0.15) is 4.91 Å². The lowest BCUT2D eigenvalue weighted by atomic mass is 9.89. The molecule has 2 nitrogen and oxygen atoms in total. The summed E-state index contributed by atoms with van der Waals surface area (Å²) in [5, 5.41) is 3.60. The molecule has 0 saturated carbocycles. The van der Waals surface area contributed by atoms with E-state index < -0.39 is 0 Å². The lowest BCUT2D eigenvalue weighted by molar-refractivity contribution is 0.363. The molecule has 0 radical (unpaired) electrons. The van der Waals surface area contributed by atoms with Gasteiger partial charge in [0.15, 0.2) is 0 Å². The van der Waals surface area contributed by atoms with Crippen LogP contribution in [0.5, 0.6) is 0 Å². The van der Waals surface area contributed by atoms with Gasteiger partial charge in [0, 0.05) is 0 Å². The van der Waals surface area contributed by atoms with E-state index in [4.69, 9.17) is 0 Å². The van der Waals surface area contributed by atoms with Gasteiger partial charge in [-0.3, -0.25) is 0 Å². The maximum Gasteiger partial charge on any atom is 0.0998 e. The van der Waals surface area contributed by atoms with Crippen LogP contribution < -0.4 is 0 Å². The molecular weight excluding hydrogens is 534 g/mol. The van der Waals surface area contributed by atoms with Crippen LogP contribution in [0.1, 0.15) is 265 Å². The lowest BCUT2D eigenvalue weighted by Crippen LogP contribution is -2.21. The molecule has 0 rings (SSSR count). The molecule has 0 aromatic rings. The Labute approximate surface area is 279 Å². The topological polar surface area (TPSA) is 29.4 Å². The predicted octanol–water partition coefficient (Wildman–Crippen LogP) is 16.4. The van der Waals surface area contributed by atoms with Gasteiger partial charge in [-0.15, -0.1) is 0 Å². The van der Waals surface area contributed by atoms with Crippen LogP contribution in [0.2, 0.25) is 0 Å². The van der Waals surface area contributed by atoms with Crippen molar-refractivity contribution in [3.63, 3.8) is 0 Å². The Balaban J connectivity index is 3.37. The Morgan fingerprint density at radius 3 is 0.614 bits per heavy atom. The second-order valence-corrected chi connectivity index (χ2v) is 15.1. The fourth-order valence-corrected chi connectivity index (χ4v) is 7.03. The van der Waals surface area contributed by atoms with Crippen LogP contribution in [0.3, 0.4) is 0 Å². The molecule has 0 unspecified atom stereocenters. The molecule has 44 heavy (non-hydrogen) atoms.